The molecule has 0 unspecified atom stereocenters. The Morgan fingerprint density at radius 3 is 2.62 bits per heavy atom. The Balaban J connectivity index is 2.40. The van der Waals surface area contributed by atoms with Crippen LogP contribution in [0.4, 0.5) is 4.79 Å². The Bertz CT molecular complexity index is 233. The van der Waals surface area contributed by atoms with Crippen LogP contribution in [0.3, 0.4) is 0 Å². The van der Waals surface area contributed by atoms with Crippen molar-refractivity contribution in [3.63, 3.8) is 0 Å². The molecule has 72 valence electrons. The molecule has 0 atom stereocenters. The van der Waals surface area contributed by atoms with E-state index in [1.54, 1.807) is 11.8 Å². The summed E-state index contributed by atoms with van der Waals surface area (Å²) in [6.45, 7) is 3.32. The summed E-state index contributed by atoms with van der Waals surface area (Å²) in [5.74, 6) is 1.88. The maximum absolute atomic E-state index is 11.2. The summed E-state index contributed by atoms with van der Waals surface area (Å²) in [6, 6.07) is 0. The molecule has 1 rings (SSSR count). The lowest BCUT2D eigenvalue weighted by atomic mass is 10.1. The van der Waals surface area contributed by atoms with Gasteiger partial charge < -0.3 is 9.64 Å². The van der Waals surface area contributed by atoms with Gasteiger partial charge in [-0.15, -0.1) is 0 Å². The number of hydrogen-bond donors (Lipinski definition) is 0. The van der Waals surface area contributed by atoms with Crippen molar-refractivity contribution < 1.29 is 14.3 Å². The lowest BCUT2D eigenvalue weighted by molar-refractivity contribution is 0.104. The number of piperidine rings is 1. The molecule has 1 heterocycles. The summed E-state index contributed by atoms with van der Waals surface area (Å²) in [6.07, 6.45) is 0.970. The van der Waals surface area contributed by atoms with Crippen molar-refractivity contribution in [2.45, 2.75) is 19.8 Å². The molecular formula is C9H13NO3. The number of hydrogen-bond acceptors (Lipinski definition) is 3. The smallest absolute Gasteiger partial charge is 0.409 e. The molecule has 0 spiro atoms. The van der Waals surface area contributed by atoms with E-state index < -0.39 is 0 Å². The van der Waals surface area contributed by atoms with Crippen LogP contribution in [0.15, 0.2) is 5.57 Å². The van der Waals surface area contributed by atoms with Crippen molar-refractivity contribution in [3.8, 4) is 0 Å². The highest BCUT2D eigenvalue weighted by atomic mass is 16.6. The van der Waals surface area contributed by atoms with Crippen molar-refractivity contribution in [2.75, 3.05) is 19.7 Å². The van der Waals surface area contributed by atoms with E-state index in [0.29, 0.717) is 32.5 Å². The normalized spacial score (nSPS) is 16.7. The molecule has 13 heavy (non-hydrogen) atoms. The monoisotopic (exact) mass is 183 g/mol. The van der Waals surface area contributed by atoms with Gasteiger partial charge in [-0.1, -0.05) is 0 Å². The number of nitrogens with zero attached hydrogens (tertiary/aromatic N) is 1. The van der Waals surface area contributed by atoms with E-state index in [9.17, 15) is 9.59 Å². The summed E-state index contributed by atoms with van der Waals surface area (Å²) in [4.78, 5) is 23.1. The summed E-state index contributed by atoms with van der Waals surface area (Å²) < 4.78 is 4.83. The van der Waals surface area contributed by atoms with Crippen LogP contribution in [0.25, 0.3) is 0 Å². The van der Waals surface area contributed by atoms with Gasteiger partial charge in [0, 0.05) is 18.7 Å². The van der Waals surface area contributed by atoms with Crippen LogP contribution < -0.4 is 0 Å². The van der Waals surface area contributed by atoms with Crippen molar-refractivity contribution in [2.24, 2.45) is 0 Å². The van der Waals surface area contributed by atoms with Crippen molar-refractivity contribution in [1.29, 1.82) is 0 Å². The standard InChI is InChI=1S/C9H13NO3/c1-2-13-9(12)10-5-3-8(7-11)4-6-10/h2-6H2,1H3. The molecule has 1 saturated heterocycles. The van der Waals surface area contributed by atoms with Crippen LogP contribution in [0.2, 0.25) is 0 Å². The minimum atomic E-state index is -0.285. The quantitative estimate of drug-likeness (QED) is 0.570. The molecule has 0 aromatic heterocycles. The Hall–Kier alpha value is -1.28. The highest BCUT2D eigenvalue weighted by Crippen LogP contribution is 2.13. The Labute approximate surface area is 77.2 Å². The van der Waals surface area contributed by atoms with E-state index in [2.05, 4.69) is 0 Å². The summed E-state index contributed by atoms with van der Waals surface area (Å²) >= 11 is 0. The molecule has 0 aromatic carbocycles. The van der Waals surface area contributed by atoms with Gasteiger partial charge in [-0.05, 0) is 19.8 Å². The predicted molar refractivity (Wildman–Crippen MR) is 47.0 cm³/mol. The van der Waals surface area contributed by atoms with E-state index >= 15 is 0 Å². The zero-order valence-electron chi connectivity index (χ0n) is 7.71. The zero-order valence-corrected chi connectivity index (χ0v) is 7.71. The van der Waals surface area contributed by atoms with Gasteiger partial charge in [0.05, 0.1) is 6.61 Å². The summed E-state index contributed by atoms with van der Waals surface area (Å²) in [5.41, 5.74) is 0.764. The number of amides is 1. The average molecular weight is 183 g/mol. The molecule has 1 aliphatic rings. The van der Waals surface area contributed by atoms with Crippen LogP contribution in [0.1, 0.15) is 19.8 Å². The summed E-state index contributed by atoms with van der Waals surface area (Å²) in [5, 5.41) is 0. The van der Waals surface area contributed by atoms with E-state index in [4.69, 9.17) is 4.74 Å². The van der Waals surface area contributed by atoms with Crippen LogP contribution >= 0.6 is 0 Å². The largest absolute Gasteiger partial charge is 0.450 e. The van der Waals surface area contributed by atoms with Crippen LogP contribution in [0, 0.1) is 0 Å². The SMILES string of the molecule is CCOC(=O)N1CCC(=C=O)CC1. The van der Waals surface area contributed by atoms with Crippen molar-refractivity contribution >= 4 is 12.0 Å². The minimum absolute atomic E-state index is 0.285. The highest BCUT2D eigenvalue weighted by Gasteiger charge is 2.19. The fraction of sp³-hybridized carbons (Fsp3) is 0.667. The van der Waals surface area contributed by atoms with E-state index in [-0.39, 0.29) is 6.09 Å². The number of ether oxygens (including phenoxy) is 1. The van der Waals surface area contributed by atoms with Crippen LogP contribution in [-0.2, 0) is 9.53 Å². The molecule has 0 aliphatic carbocycles. The second-order valence-electron chi connectivity index (χ2n) is 2.89. The maximum atomic E-state index is 11.2. The van der Waals surface area contributed by atoms with Gasteiger partial charge in [0.25, 0.3) is 0 Å². The molecular weight excluding hydrogens is 170 g/mol. The van der Waals surface area contributed by atoms with Crippen LogP contribution in [-0.4, -0.2) is 36.6 Å². The third-order valence-corrected chi connectivity index (χ3v) is 2.04. The third-order valence-electron chi connectivity index (χ3n) is 2.04. The van der Waals surface area contributed by atoms with E-state index in [1.807, 2.05) is 5.94 Å². The topological polar surface area (TPSA) is 46.6 Å². The van der Waals surface area contributed by atoms with Gasteiger partial charge in [0.1, 0.15) is 5.94 Å². The third kappa shape index (κ3) is 2.60. The molecule has 0 bridgehead atoms. The molecule has 0 N–H and O–H groups in total. The minimum Gasteiger partial charge on any atom is -0.450 e. The molecule has 0 saturated carbocycles. The molecule has 1 aliphatic heterocycles. The Morgan fingerprint density at radius 1 is 1.54 bits per heavy atom. The van der Waals surface area contributed by atoms with Crippen LogP contribution in [0.5, 0.6) is 0 Å². The molecule has 1 fully saturated rings. The number of carbonyl (C=O) groups excluding carboxylic acids is 2. The molecule has 1 amide bonds. The first kappa shape index (κ1) is 9.81. The number of likely N-dealkylation sites (tertiary alicyclic amines) is 1. The van der Waals surface area contributed by atoms with Gasteiger partial charge in [0.15, 0.2) is 0 Å². The second-order valence-corrected chi connectivity index (χ2v) is 2.89. The first-order valence-corrected chi connectivity index (χ1v) is 4.42. The van der Waals surface area contributed by atoms with Gasteiger partial charge >= 0.3 is 6.09 Å². The van der Waals surface area contributed by atoms with Crippen molar-refractivity contribution in [3.05, 3.63) is 5.57 Å². The Kier molecular flexibility index (Phi) is 3.53. The zero-order chi connectivity index (χ0) is 9.68. The lowest BCUT2D eigenvalue weighted by Crippen LogP contribution is -2.36. The van der Waals surface area contributed by atoms with Gasteiger partial charge in [-0.2, -0.15) is 0 Å². The molecule has 0 radical (unpaired) electrons. The van der Waals surface area contributed by atoms with Crippen molar-refractivity contribution in [1.82, 2.24) is 4.90 Å². The van der Waals surface area contributed by atoms with E-state index in [0.717, 1.165) is 5.57 Å². The summed E-state index contributed by atoms with van der Waals surface area (Å²) in [7, 11) is 0. The second kappa shape index (κ2) is 4.67. The maximum Gasteiger partial charge on any atom is 0.409 e. The molecule has 4 heteroatoms. The number of carbonyl (C=O) groups is 1. The predicted octanol–water partition coefficient (Wildman–Crippen LogP) is 0.997. The van der Waals surface area contributed by atoms with Gasteiger partial charge in [0.2, 0.25) is 0 Å². The highest BCUT2D eigenvalue weighted by molar-refractivity contribution is 5.68. The van der Waals surface area contributed by atoms with Gasteiger partial charge in [-0.3, -0.25) is 0 Å². The fourth-order valence-electron chi connectivity index (χ4n) is 1.28. The lowest BCUT2D eigenvalue weighted by Gasteiger charge is -2.25. The first-order valence-electron chi connectivity index (χ1n) is 4.42. The Morgan fingerprint density at radius 2 is 2.15 bits per heavy atom. The van der Waals surface area contributed by atoms with E-state index in [1.165, 1.54) is 0 Å². The fourth-order valence-corrected chi connectivity index (χ4v) is 1.28. The first-order chi connectivity index (χ1) is 6.27. The molecule has 0 aromatic rings. The number of rotatable bonds is 1. The average Bonchev–Trinajstić information content (AvgIpc) is 2.18. The molecule has 4 nitrogen and oxygen atoms in total. The van der Waals surface area contributed by atoms with Gasteiger partial charge in [-0.25, -0.2) is 9.59 Å².